The predicted octanol–water partition coefficient (Wildman–Crippen LogP) is 1.59. The van der Waals surface area contributed by atoms with Crippen molar-refractivity contribution in [2.24, 2.45) is 0 Å². The Labute approximate surface area is 54.7 Å². The van der Waals surface area contributed by atoms with Crippen molar-refractivity contribution in [3.63, 3.8) is 0 Å². The highest BCUT2D eigenvalue weighted by Gasteiger charge is 2.22. The van der Waals surface area contributed by atoms with Gasteiger partial charge in [-0.2, -0.15) is 0 Å². The maximum absolute atomic E-state index is 12.1. The molecule has 0 bridgehead atoms. The van der Waals surface area contributed by atoms with E-state index in [-0.39, 0.29) is 6.54 Å². The fraction of sp³-hybridized carbons (Fsp3) is 1.00. The van der Waals surface area contributed by atoms with Crippen molar-refractivity contribution in [1.82, 2.24) is 4.90 Å². The molecule has 0 saturated carbocycles. The topological polar surface area (TPSA) is 3.24 Å². The molecule has 9 heavy (non-hydrogen) atoms. The summed E-state index contributed by atoms with van der Waals surface area (Å²) >= 11 is 0. The van der Waals surface area contributed by atoms with Gasteiger partial charge in [-0.25, -0.2) is 8.78 Å². The standard InChI is InChI=1S/C6H13F2N/c1-4-9(3)5-6(2,7)8/h4-5H2,1-3H3. The molecule has 0 heterocycles. The fourth-order valence-corrected chi connectivity index (χ4v) is 0.586. The van der Waals surface area contributed by atoms with Gasteiger partial charge in [0.05, 0.1) is 6.54 Å². The molecule has 0 aliphatic carbocycles. The smallest absolute Gasteiger partial charge is 0.257 e. The highest BCUT2D eigenvalue weighted by atomic mass is 19.3. The van der Waals surface area contributed by atoms with Gasteiger partial charge in [-0.3, -0.25) is 0 Å². The third-order valence-electron chi connectivity index (χ3n) is 1.09. The summed E-state index contributed by atoms with van der Waals surface area (Å²) in [5.74, 6) is -2.55. The Balaban J connectivity index is 3.47. The van der Waals surface area contributed by atoms with Gasteiger partial charge in [0.25, 0.3) is 5.92 Å². The van der Waals surface area contributed by atoms with Crippen molar-refractivity contribution in [2.75, 3.05) is 20.1 Å². The zero-order valence-electron chi connectivity index (χ0n) is 6.12. The van der Waals surface area contributed by atoms with Crippen LogP contribution in [-0.2, 0) is 0 Å². The predicted molar refractivity (Wildman–Crippen MR) is 33.8 cm³/mol. The van der Waals surface area contributed by atoms with Crippen LogP contribution in [0.15, 0.2) is 0 Å². The molecule has 0 atom stereocenters. The van der Waals surface area contributed by atoms with Gasteiger partial charge in [0.1, 0.15) is 0 Å². The molecule has 0 aromatic heterocycles. The Bertz CT molecular complexity index is 77.6. The van der Waals surface area contributed by atoms with Crippen LogP contribution in [0.5, 0.6) is 0 Å². The maximum atomic E-state index is 12.1. The molecule has 1 nitrogen and oxygen atoms in total. The lowest BCUT2D eigenvalue weighted by molar-refractivity contribution is -0.00673. The maximum Gasteiger partial charge on any atom is 0.257 e. The minimum absolute atomic E-state index is 0.149. The first-order chi connectivity index (χ1) is 3.95. The van der Waals surface area contributed by atoms with Crippen molar-refractivity contribution in [3.8, 4) is 0 Å². The van der Waals surface area contributed by atoms with Crippen LogP contribution < -0.4 is 0 Å². The van der Waals surface area contributed by atoms with Crippen molar-refractivity contribution >= 4 is 0 Å². The average molecular weight is 137 g/mol. The van der Waals surface area contributed by atoms with E-state index in [0.29, 0.717) is 6.54 Å². The van der Waals surface area contributed by atoms with Gasteiger partial charge in [0.15, 0.2) is 0 Å². The number of rotatable bonds is 3. The summed E-state index contributed by atoms with van der Waals surface area (Å²) < 4.78 is 24.2. The van der Waals surface area contributed by atoms with Crippen molar-refractivity contribution < 1.29 is 8.78 Å². The van der Waals surface area contributed by atoms with Gasteiger partial charge < -0.3 is 4.90 Å². The normalized spacial score (nSPS) is 12.7. The first kappa shape index (κ1) is 8.82. The molecule has 0 radical (unpaired) electrons. The van der Waals surface area contributed by atoms with E-state index < -0.39 is 5.92 Å². The molecule has 0 aliphatic rings. The van der Waals surface area contributed by atoms with Crippen molar-refractivity contribution in [3.05, 3.63) is 0 Å². The van der Waals surface area contributed by atoms with E-state index in [9.17, 15) is 8.78 Å². The van der Waals surface area contributed by atoms with E-state index in [2.05, 4.69) is 0 Å². The largest absolute Gasteiger partial charge is 0.301 e. The van der Waals surface area contributed by atoms with Crippen LogP contribution in [0, 0.1) is 0 Å². The fourth-order valence-electron chi connectivity index (χ4n) is 0.586. The van der Waals surface area contributed by atoms with Crippen LogP contribution in [0.3, 0.4) is 0 Å². The van der Waals surface area contributed by atoms with Gasteiger partial charge in [-0.05, 0) is 13.6 Å². The first-order valence-corrected chi connectivity index (χ1v) is 3.02. The van der Waals surface area contributed by atoms with Crippen LogP contribution in [0.4, 0.5) is 8.78 Å². The van der Waals surface area contributed by atoms with E-state index >= 15 is 0 Å². The first-order valence-electron chi connectivity index (χ1n) is 3.02. The SMILES string of the molecule is CCN(C)CC(C)(F)F. The van der Waals surface area contributed by atoms with Gasteiger partial charge in [0, 0.05) is 6.92 Å². The lowest BCUT2D eigenvalue weighted by Gasteiger charge is -2.18. The van der Waals surface area contributed by atoms with E-state index in [1.807, 2.05) is 6.92 Å². The number of alkyl halides is 2. The van der Waals surface area contributed by atoms with E-state index in [4.69, 9.17) is 0 Å². The van der Waals surface area contributed by atoms with Gasteiger partial charge in [-0.1, -0.05) is 6.92 Å². The van der Waals surface area contributed by atoms with E-state index in [0.717, 1.165) is 6.92 Å². The summed E-state index contributed by atoms with van der Waals surface area (Å²) in [5, 5.41) is 0. The Morgan fingerprint density at radius 2 is 1.89 bits per heavy atom. The average Bonchev–Trinajstić information content (AvgIpc) is 1.62. The summed E-state index contributed by atoms with van der Waals surface area (Å²) in [6, 6.07) is 0. The number of halogens is 2. The number of hydrogen-bond donors (Lipinski definition) is 0. The minimum atomic E-state index is -2.55. The third-order valence-corrected chi connectivity index (χ3v) is 1.09. The molecule has 0 aromatic carbocycles. The molecule has 0 rings (SSSR count). The van der Waals surface area contributed by atoms with Crippen LogP contribution in [0.25, 0.3) is 0 Å². The van der Waals surface area contributed by atoms with Gasteiger partial charge >= 0.3 is 0 Å². The molecule has 0 fully saturated rings. The lowest BCUT2D eigenvalue weighted by atomic mass is 10.3. The molecule has 0 amide bonds. The summed E-state index contributed by atoms with van der Waals surface area (Å²) in [7, 11) is 1.68. The molecule has 0 N–H and O–H groups in total. The van der Waals surface area contributed by atoms with E-state index in [1.165, 1.54) is 0 Å². The zero-order chi connectivity index (χ0) is 7.49. The number of nitrogens with zero attached hydrogens (tertiary/aromatic N) is 1. The van der Waals surface area contributed by atoms with Gasteiger partial charge in [0.2, 0.25) is 0 Å². The van der Waals surface area contributed by atoms with Crippen molar-refractivity contribution in [1.29, 1.82) is 0 Å². The molecule has 0 aliphatic heterocycles. The monoisotopic (exact) mass is 137 g/mol. The lowest BCUT2D eigenvalue weighted by Crippen LogP contribution is -2.31. The summed E-state index contributed by atoms with van der Waals surface area (Å²) in [6.45, 7) is 3.30. The molecule has 0 unspecified atom stereocenters. The molecule has 3 heteroatoms. The Hall–Kier alpha value is -0.180. The second-order valence-corrected chi connectivity index (χ2v) is 2.40. The quantitative estimate of drug-likeness (QED) is 0.571. The highest BCUT2D eigenvalue weighted by Crippen LogP contribution is 2.11. The second-order valence-electron chi connectivity index (χ2n) is 2.40. The zero-order valence-corrected chi connectivity index (χ0v) is 6.12. The molecular formula is C6H13F2N. The van der Waals surface area contributed by atoms with Crippen LogP contribution >= 0.6 is 0 Å². The summed E-state index contributed by atoms with van der Waals surface area (Å²) in [6.07, 6.45) is 0. The molecular weight excluding hydrogens is 124 g/mol. The molecule has 0 aromatic rings. The summed E-state index contributed by atoms with van der Waals surface area (Å²) in [5.41, 5.74) is 0. The molecule has 56 valence electrons. The molecule has 0 spiro atoms. The van der Waals surface area contributed by atoms with Crippen LogP contribution in [0.2, 0.25) is 0 Å². The Morgan fingerprint density at radius 3 is 2.00 bits per heavy atom. The van der Waals surface area contributed by atoms with E-state index in [1.54, 1.807) is 11.9 Å². The van der Waals surface area contributed by atoms with Crippen LogP contribution in [0.1, 0.15) is 13.8 Å². The third kappa shape index (κ3) is 5.69. The Morgan fingerprint density at radius 1 is 1.44 bits per heavy atom. The second kappa shape index (κ2) is 3.11. The molecule has 0 saturated heterocycles. The van der Waals surface area contributed by atoms with Gasteiger partial charge in [-0.15, -0.1) is 0 Å². The summed E-state index contributed by atoms with van der Waals surface area (Å²) in [4.78, 5) is 1.58. The Kier molecular flexibility index (Phi) is 3.04. The van der Waals surface area contributed by atoms with Crippen LogP contribution in [-0.4, -0.2) is 31.0 Å². The number of hydrogen-bond acceptors (Lipinski definition) is 1. The van der Waals surface area contributed by atoms with Crippen molar-refractivity contribution in [2.45, 2.75) is 19.8 Å². The highest BCUT2D eigenvalue weighted by molar-refractivity contribution is 4.62. The minimum Gasteiger partial charge on any atom is -0.301 e.